The molecule has 19 heavy (non-hydrogen) atoms. The van der Waals surface area contributed by atoms with Crippen LogP contribution in [-0.2, 0) is 9.53 Å². The van der Waals surface area contributed by atoms with Crippen molar-refractivity contribution in [1.82, 2.24) is 4.90 Å². The normalized spacial score (nSPS) is 18.1. The minimum atomic E-state index is -0.400. The zero-order chi connectivity index (χ0) is 13.8. The van der Waals surface area contributed by atoms with E-state index >= 15 is 0 Å². The smallest absolute Gasteiger partial charge is 0.348 e. The van der Waals surface area contributed by atoms with Crippen LogP contribution in [0.2, 0.25) is 0 Å². The zero-order valence-electron chi connectivity index (χ0n) is 10.4. The van der Waals surface area contributed by atoms with E-state index in [1.54, 1.807) is 12.1 Å². The molecule has 5 nitrogen and oxygen atoms in total. The van der Waals surface area contributed by atoms with Crippen LogP contribution in [0.15, 0.2) is 12.1 Å². The van der Waals surface area contributed by atoms with Gasteiger partial charge in [-0.05, 0) is 24.5 Å². The fourth-order valence-corrected chi connectivity index (χ4v) is 2.57. The maximum atomic E-state index is 11.6. The molecule has 0 unspecified atom stereocenters. The summed E-state index contributed by atoms with van der Waals surface area (Å²) < 4.78 is 4.60. The lowest BCUT2D eigenvalue weighted by molar-refractivity contribution is -0.126. The number of carbonyl (C=O) groups is 2. The van der Waals surface area contributed by atoms with Gasteiger partial charge in [0.1, 0.15) is 4.88 Å². The Hall–Kier alpha value is -1.84. The predicted molar refractivity (Wildman–Crippen MR) is 69.5 cm³/mol. The Bertz CT molecular complexity index is 554. The molecule has 2 rings (SSSR count). The van der Waals surface area contributed by atoms with Crippen LogP contribution in [0, 0.1) is 12.0 Å². The molecule has 0 aliphatic carbocycles. The van der Waals surface area contributed by atoms with Crippen LogP contribution in [0.3, 0.4) is 0 Å². The average Bonchev–Trinajstić information content (AvgIpc) is 3.02. The highest BCUT2D eigenvalue weighted by molar-refractivity contribution is 7.14. The van der Waals surface area contributed by atoms with Gasteiger partial charge >= 0.3 is 5.97 Å². The molecule has 1 fully saturated rings. The number of likely N-dealkylation sites (tertiary alicyclic amines) is 1. The molecule has 0 saturated carbocycles. The molecule has 0 radical (unpaired) electrons. The molecule has 0 spiro atoms. The van der Waals surface area contributed by atoms with Gasteiger partial charge in [-0.2, -0.15) is 0 Å². The quantitative estimate of drug-likeness (QED) is 0.643. The third-order valence-electron chi connectivity index (χ3n) is 2.83. The number of aliphatic hydroxyl groups is 1. The van der Waals surface area contributed by atoms with Crippen molar-refractivity contribution in [2.24, 2.45) is 0 Å². The van der Waals surface area contributed by atoms with E-state index in [1.165, 1.54) is 23.3 Å². The third-order valence-corrected chi connectivity index (χ3v) is 3.81. The Kier molecular flexibility index (Phi) is 4.20. The first-order valence-corrected chi connectivity index (χ1v) is 6.60. The Labute approximate surface area is 114 Å². The second-order valence-electron chi connectivity index (χ2n) is 4.03. The number of methoxy groups -OCH3 is 1. The van der Waals surface area contributed by atoms with Crippen LogP contribution in [0.25, 0.3) is 0 Å². The Morgan fingerprint density at radius 2 is 2.42 bits per heavy atom. The highest BCUT2D eigenvalue weighted by Crippen LogP contribution is 2.19. The monoisotopic (exact) mass is 279 g/mol. The Morgan fingerprint density at radius 3 is 3.11 bits per heavy atom. The summed E-state index contributed by atoms with van der Waals surface area (Å²) in [6.07, 6.45) is 1.04. The van der Waals surface area contributed by atoms with E-state index < -0.39 is 5.97 Å². The number of aliphatic hydroxyl groups excluding tert-OH is 1. The first-order chi connectivity index (χ1) is 9.15. The van der Waals surface area contributed by atoms with Crippen molar-refractivity contribution in [2.45, 2.75) is 18.9 Å². The lowest BCUT2D eigenvalue weighted by Gasteiger charge is -2.14. The summed E-state index contributed by atoms with van der Waals surface area (Å²) in [6.45, 7) is -0.0850. The topological polar surface area (TPSA) is 66.8 Å². The van der Waals surface area contributed by atoms with Crippen molar-refractivity contribution >= 4 is 23.2 Å². The minimum absolute atomic E-state index is 0.0729. The largest absolute Gasteiger partial charge is 0.465 e. The van der Waals surface area contributed by atoms with Crippen LogP contribution in [0.4, 0.5) is 0 Å². The molecule has 1 aromatic rings. The average molecular weight is 279 g/mol. The summed E-state index contributed by atoms with van der Waals surface area (Å²) in [4.78, 5) is 25.4. The summed E-state index contributed by atoms with van der Waals surface area (Å²) in [5.74, 6) is 2.36. The highest BCUT2D eigenvalue weighted by Gasteiger charge is 2.29. The van der Waals surface area contributed by atoms with E-state index in [0.717, 1.165) is 0 Å². The van der Waals surface area contributed by atoms with Gasteiger partial charge in [0.2, 0.25) is 5.91 Å². The fraction of sp³-hybridized carbons (Fsp3) is 0.385. The van der Waals surface area contributed by atoms with Gasteiger partial charge in [-0.25, -0.2) is 4.79 Å². The summed E-state index contributed by atoms with van der Waals surface area (Å²) >= 11 is 1.21. The van der Waals surface area contributed by atoms with Crippen LogP contribution >= 0.6 is 11.3 Å². The summed E-state index contributed by atoms with van der Waals surface area (Å²) in [7, 11) is 1.32. The van der Waals surface area contributed by atoms with Crippen LogP contribution in [-0.4, -0.2) is 41.6 Å². The standard InChI is InChI=1S/C13H13NO4S/c1-18-13(17)11-4-3-10(19-11)6-7-14-9(8-15)2-5-12(14)16/h3-4,9,15H,2,5,8H2,1H3/t9-/m1/s1. The van der Waals surface area contributed by atoms with Gasteiger partial charge in [-0.1, -0.05) is 0 Å². The lowest BCUT2D eigenvalue weighted by Crippen LogP contribution is -2.30. The van der Waals surface area contributed by atoms with Gasteiger partial charge < -0.3 is 9.84 Å². The third kappa shape index (κ3) is 2.95. The van der Waals surface area contributed by atoms with Crippen molar-refractivity contribution in [2.75, 3.05) is 13.7 Å². The second-order valence-corrected chi connectivity index (χ2v) is 5.11. The fourth-order valence-electron chi connectivity index (χ4n) is 1.80. The van der Waals surface area contributed by atoms with Crippen molar-refractivity contribution in [3.63, 3.8) is 0 Å². The minimum Gasteiger partial charge on any atom is -0.465 e. The number of rotatable bonds is 2. The first-order valence-electron chi connectivity index (χ1n) is 5.78. The summed E-state index contributed by atoms with van der Waals surface area (Å²) in [6, 6.07) is 5.87. The number of esters is 1. The number of carbonyl (C=O) groups excluding carboxylic acids is 2. The molecule has 1 aliphatic heterocycles. The maximum Gasteiger partial charge on any atom is 0.348 e. The summed E-state index contributed by atoms with van der Waals surface area (Å²) in [5.41, 5.74) is 0. The van der Waals surface area contributed by atoms with Gasteiger partial charge in [0.05, 0.1) is 24.6 Å². The molecule has 1 aromatic heterocycles. The molecule has 1 aliphatic rings. The number of ether oxygens (including phenoxy) is 1. The number of thiophene rings is 1. The SMILES string of the molecule is COC(=O)c1ccc(C#CN2C(=O)CC[C@@H]2CO)s1. The molecule has 6 heteroatoms. The number of amides is 1. The molecule has 1 N–H and O–H groups in total. The van der Waals surface area contributed by atoms with Crippen molar-refractivity contribution in [3.05, 3.63) is 21.9 Å². The van der Waals surface area contributed by atoms with Gasteiger partial charge in [0.25, 0.3) is 0 Å². The van der Waals surface area contributed by atoms with Crippen LogP contribution in [0.5, 0.6) is 0 Å². The van der Waals surface area contributed by atoms with Crippen molar-refractivity contribution in [1.29, 1.82) is 0 Å². The van der Waals surface area contributed by atoms with E-state index in [9.17, 15) is 9.59 Å². The zero-order valence-corrected chi connectivity index (χ0v) is 11.2. The molecule has 1 atom stereocenters. The van der Waals surface area contributed by atoms with Crippen LogP contribution < -0.4 is 0 Å². The molecule has 2 heterocycles. The molecular weight excluding hydrogens is 266 g/mol. The maximum absolute atomic E-state index is 11.6. The summed E-state index contributed by atoms with van der Waals surface area (Å²) in [5, 5.41) is 9.14. The van der Waals surface area contributed by atoms with E-state index in [1.807, 2.05) is 0 Å². The highest BCUT2D eigenvalue weighted by atomic mass is 32.1. The molecule has 0 bridgehead atoms. The molecular formula is C13H13NO4S. The first kappa shape index (κ1) is 13.6. The van der Waals surface area contributed by atoms with Crippen molar-refractivity contribution in [3.8, 4) is 12.0 Å². The van der Waals surface area contributed by atoms with Gasteiger partial charge in [-0.15, -0.1) is 11.3 Å². The van der Waals surface area contributed by atoms with E-state index in [0.29, 0.717) is 22.6 Å². The second kappa shape index (κ2) is 5.87. The number of hydrogen-bond donors (Lipinski definition) is 1. The van der Waals surface area contributed by atoms with Gasteiger partial charge in [0, 0.05) is 12.5 Å². The number of nitrogens with zero attached hydrogens (tertiary/aromatic N) is 1. The van der Waals surface area contributed by atoms with E-state index in [-0.39, 0.29) is 18.6 Å². The Morgan fingerprint density at radius 1 is 1.63 bits per heavy atom. The molecule has 0 aromatic carbocycles. The molecule has 1 saturated heterocycles. The van der Waals surface area contributed by atoms with Crippen LogP contribution in [0.1, 0.15) is 27.4 Å². The number of hydrogen-bond acceptors (Lipinski definition) is 5. The van der Waals surface area contributed by atoms with Gasteiger partial charge in [0.15, 0.2) is 0 Å². The molecule has 1 amide bonds. The Balaban J connectivity index is 2.13. The molecule has 100 valence electrons. The van der Waals surface area contributed by atoms with Crippen molar-refractivity contribution < 1.29 is 19.4 Å². The predicted octanol–water partition coefficient (Wildman–Crippen LogP) is 0.827. The van der Waals surface area contributed by atoms with Gasteiger partial charge in [-0.3, -0.25) is 9.69 Å². The van der Waals surface area contributed by atoms with E-state index in [2.05, 4.69) is 16.7 Å². The van der Waals surface area contributed by atoms with E-state index in [4.69, 9.17) is 5.11 Å². The lowest BCUT2D eigenvalue weighted by atomic mass is 10.2.